The van der Waals surface area contributed by atoms with Gasteiger partial charge < -0.3 is 9.84 Å². The first-order chi connectivity index (χ1) is 10.3. The van der Waals surface area contributed by atoms with Crippen LogP contribution in [-0.2, 0) is 6.42 Å². The smallest absolute Gasteiger partial charge is 0.249 e. The van der Waals surface area contributed by atoms with Gasteiger partial charge in [-0.2, -0.15) is 4.98 Å². The highest BCUT2D eigenvalue weighted by atomic mass is 19.1. The lowest BCUT2D eigenvalue weighted by molar-refractivity contribution is 0.364. The predicted molar refractivity (Wildman–Crippen MR) is 76.2 cm³/mol. The number of fused-ring (bicyclic) bond motifs is 1. The number of rotatable bonds is 2. The number of anilines is 1. The summed E-state index contributed by atoms with van der Waals surface area (Å²) in [6, 6.07) is 14.2. The zero-order chi connectivity index (χ0) is 14.2. The third kappa shape index (κ3) is 2.16. The Kier molecular flexibility index (Phi) is 2.70. The van der Waals surface area contributed by atoms with Gasteiger partial charge in [0.05, 0.1) is 0 Å². The van der Waals surface area contributed by atoms with Gasteiger partial charge in [0.1, 0.15) is 11.9 Å². The molecule has 0 spiro atoms. The molecule has 2 heterocycles. The molecule has 0 saturated carbocycles. The van der Waals surface area contributed by atoms with Gasteiger partial charge in [-0.25, -0.2) is 4.39 Å². The highest BCUT2D eigenvalue weighted by molar-refractivity contribution is 5.58. The summed E-state index contributed by atoms with van der Waals surface area (Å²) < 4.78 is 18.6. The van der Waals surface area contributed by atoms with Crippen LogP contribution in [-0.4, -0.2) is 10.1 Å². The van der Waals surface area contributed by atoms with Crippen LogP contribution in [0, 0.1) is 5.82 Å². The Labute approximate surface area is 120 Å². The molecule has 0 aliphatic carbocycles. The van der Waals surface area contributed by atoms with Gasteiger partial charge in [-0.15, -0.1) is 0 Å². The Balaban J connectivity index is 1.62. The summed E-state index contributed by atoms with van der Waals surface area (Å²) in [6.07, 6.45) is 0.807. The molecule has 1 aliphatic heterocycles. The van der Waals surface area contributed by atoms with Gasteiger partial charge >= 0.3 is 0 Å². The Morgan fingerprint density at radius 1 is 1.14 bits per heavy atom. The molecule has 1 N–H and O–H groups in total. The molecule has 0 saturated heterocycles. The molecule has 5 heteroatoms. The molecule has 4 nitrogen and oxygen atoms in total. The molecule has 0 amide bonds. The minimum Gasteiger partial charge on any atom is -0.373 e. The van der Waals surface area contributed by atoms with E-state index in [-0.39, 0.29) is 11.9 Å². The highest BCUT2D eigenvalue weighted by Crippen LogP contribution is 2.33. The molecule has 1 atom stereocenters. The normalized spacial score (nSPS) is 16.5. The van der Waals surface area contributed by atoms with Crippen molar-refractivity contribution in [3.05, 3.63) is 65.8 Å². The molecular weight excluding hydrogens is 269 g/mol. The minimum absolute atomic E-state index is 0.0304. The molecule has 2 aromatic carbocycles. The van der Waals surface area contributed by atoms with E-state index in [1.165, 1.54) is 17.7 Å². The lowest BCUT2D eigenvalue weighted by atomic mass is 10.1. The van der Waals surface area contributed by atoms with Crippen molar-refractivity contribution in [2.24, 2.45) is 0 Å². The van der Waals surface area contributed by atoms with Crippen LogP contribution >= 0.6 is 0 Å². The maximum atomic E-state index is 13.2. The minimum atomic E-state index is -0.315. The van der Waals surface area contributed by atoms with Crippen LogP contribution < -0.4 is 5.32 Å². The topological polar surface area (TPSA) is 51.0 Å². The van der Waals surface area contributed by atoms with Gasteiger partial charge in [0.25, 0.3) is 0 Å². The molecule has 0 bridgehead atoms. The number of nitrogens with zero attached hydrogens (tertiary/aromatic N) is 2. The Morgan fingerprint density at radius 3 is 2.90 bits per heavy atom. The average Bonchev–Trinajstić information content (AvgIpc) is 3.14. The summed E-state index contributed by atoms with van der Waals surface area (Å²) in [4.78, 5) is 4.38. The van der Waals surface area contributed by atoms with Crippen LogP contribution in [0.5, 0.6) is 0 Å². The van der Waals surface area contributed by atoms with Crippen molar-refractivity contribution in [1.29, 1.82) is 0 Å². The van der Waals surface area contributed by atoms with Crippen LogP contribution in [0.2, 0.25) is 0 Å². The maximum absolute atomic E-state index is 13.2. The van der Waals surface area contributed by atoms with Gasteiger partial charge in [0, 0.05) is 17.7 Å². The lowest BCUT2D eigenvalue weighted by Crippen LogP contribution is -2.05. The van der Waals surface area contributed by atoms with Crippen molar-refractivity contribution in [3.8, 4) is 11.4 Å². The molecule has 1 unspecified atom stereocenters. The Hall–Kier alpha value is -2.69. The first kappa shape index (κ1) is 12.1. The molecule has 3 aromatic rings. The summed E-state index contributed by atoms with van der Waals surface area (Å²) in [5.41, 5.74) is 2.93. The molecule has 1 aliphatic rings. The van der Waals surface area contributed by atoms with Crippen LogP contribution in [0.25, 0.3) is 11.4 Å². The number of para-hydroxylation sites is 1. The monoisotopic (exact) mass is 281 g/mol. The SMILES string of the molecule is Fc1cccc(-c2noc(C3Cc4ccccc4N3)n2)c1. The lowest BCUT2D eigenvalue weighted by Gasteiger charge is -2.04. The van der Waals surface area contributed by atoms with Crippen LogP contribution in [0.3, 0.4) is 0 Å². The second kappa shape index (κ2) is 4.70. The second-order valence-electron chi connectivity index (χ2n) is 5.02. The fourth-order valence-corrected chi connectivity index (χ4v) is 2.57. The first-order valence-corrected chi connectivity index (χ1v) is 6.73. The molecule has 21 heavy (non-hydrogen) atoms. The van der Waals surface area contributed by atoms with E-state index in [0.29, 0.717) is 17.3 Å². The fourth-order valence-electron chi connectivity index (χ4n) is 2.57. The first-order valence-electron chi connectivity index (χ1n) is 6.73. The second-order valence-corrected chi connectivity index (χ2v) is 5.02. The van der Waals surface area contributed by atoms with Crippen LogP contribution in [0.4, 0.5) is 10.1 Å². The number of halogens is 1. The third-order valence-electron chi connectivity index (χ3n) is 3.59. The van der Waals surface area contributed by atoms with E-state index in [1.54, 1.807) is 12.1 Å². The highest BCUT2D eigenvalue weighted by Gasteiger charge is 2.26. The van der Waals surface area contributed by atoms with E-state index in [0.717, 1.165) is 12.1 Å². The number of hydrogen-bond acceptors (Lipinski definition) is 4. The van der Waals surface area contributed by atoms with Crippen molar-refractivity contribution in [2.75, 3.05) is 5.32 Å². The largest absolute Gasteiger partial charge is 0.373 e. The molecule has 1 aromatic heterocycles. The predicted octanol–water partition coefficient (Wildman–Crippen LogP) is 3.59. The summed E-state index contributed by atoms with van der Waals surface area (Å²) in [5.74, 6) is 0.609. The van der Waals surface area contributed by atoms with E-state index in [2.05, 4.69) is 21.5 Å². The van der Waals surface area contributed by atoms with Gasteiger partial charge in [0.15, 0.2) is 0 Å². The van der Waals surface area contributed by atoms with Gasteiger partial charge in [0.2, 0.25) is 11.7 Å². The summed E-state index contributed by atoms with van der Waals surface area (Å²) in [5, 5.41) is 7.30. The van der Waals surface area contributed by atoms with Crippen LogP contribution in [0.1, 0.15) is 17.5 Å². The third-order valence-corrected chi connectivity index (χ3v) is 3.59. The molecular formula is C16H12FN3O. The number of benzene rings is 2. The molecule has 4 rings (SSSR count). The standard InChI is InChI=1S/C16H12FN3O/c17-12-6-3-5-11(8-12)15-19-16(21-20-15)14-9-10-4-1-2-7-13(10)18-14/h1-8,14,18H,9H2. The van der Waals surface area contributed by atoms with Crippen LogP contribution in [0.15, 0.2) is 53.1 Å². The quantitative estimate of drug-likeness (QED) is 0.780. The fraction of sp³-hybridized carbons (Fsp3) is 0.125. The van der Waals surface area contributed by atoms with Crippen molar-refractivity contribution in [1.82, 2.24) is 10.1 Å². The molecule has 104 valence electrons. The van der Waals surface area contributed by atoms with Crippen molar-refractivity contribution in [2.45, 2.75) is 12.5 Å². The van der Waals surface area contributed by atoms with Crippen molar-refractivity contribution in [3.63, 3.8) is 0 Å². The Bertz CT molecular complexity index is 774. The van der Waals surface area contributed by atoms with Crippen molar-refractivity contribution < 1.29 is 8.91 Å². The number of hydrogen-bond donors (Lipinski definition) is 1. The van der Waals surface area contributed by atoms with E-state index in [4.69, 9.17) is 4.52 Å². The molecule has 0 fully saturated rings. The number of nitrogens with one attached hydrogen (secondary N) is 1. The van der Waals surface area contributed by atoms with Gasteiger partial charge in [-0.3, -0.25) is 0 Å². The van der Waals surface area contributed by atoms with E-state index in [9.17, 15) is 4.39 Å². The number of aromatic nitrogens is 2. The maximum Gasteiger partial charge on any atom is 0.249 e. The summed E-state index contributed by atoms with van der Waals surface area (Å²) in [6.45, 7) is 0. The summed E-state index contributed by atoms with van der Waals surface area (Å²) in [7, 11) is 0. The van der Waals surface area contributed by atoms with Gasteiger partial charge in [-0.05, 0) is 23.8 Å². The van der Waals surface area contributed by atoms with Gasteiger partial charge in [-0.1, -0.05) is 35.5 Å². The van der Waals surface area contributed by atoms with E-state index in [1.807, 2.05) is 18.2 Å². The zero-order valence-corrected chi connectivity index (χ0v) is 11.1. The average molecular weight is 281 g/mol. The zero-order valence-electron chi connectivity index (χ0n) is 11.1. The van der Waals surface area contributed by atoms with Crippen molar-refractivity contribution >= 4 is 5.69 Å². The molecule has 0 radical (unpaired) electrons. The summed E-state index contributed by atoms with van der Waals surface area (Å²) >= 11 is 0. The Morgan fingerprint density at radius 2 is 2.05 bits per heavy atom. The van der Waals surface area contributed by atoms with E-state index < -0.39 is 0 Å². The van der Waals surface area contributed by atoms with E-state index >= 15 is 0 Å².